The van der Waals surface area contributed by atoms with Crippen LogP contribution in [0.25, 0.3) is 11.1 Å². The van der Waals surface area contributed by atoms with Gasteiger partial charge in [-0.3, -0.25) is 9.69 Å². The Hall–Kier alpha value is -2.12. The molecule has 1 amide bonds. The summed E-state index contributed by atoms with van der Waals surface area (Å²) in [5, 5.41) is 4.86. The van der Waals surface area contributed by atoms with Gasteiger partial charge in [0.05, 0.1) is 15.8 Å². The second kappa shape index (κ2) is 11.1. The smallest absolute Gasteiger partial charge is 0.230 e. The van der Waals surface area contributed by atoms with Crippen LogP contribution in [0, 0.1) is 5.92 Å². The van der Waals surface area contributed by atoms with E-state index in [0.29, 0.717) is 33.4 Å². The zero-order valence-corrected chi connectivity index (χ0v) is 19.8. The first-order chi connectivity index (χ1) is 15.6. The van der Waals surface area contributed by atoms with E-state index in [-0.39, 0.29) is 5.91 Å². The van der Waals surface area contributed by atoms with Crippen molar-refractivity contribution in [1.29, 1.82) is 0 Å². The van der Waals surface area contributed by atoms with Gasteiger partial charge in [0.15, 0.2) is 5.16 Å². The summed E-state index contributed by atoms with van der Waals surface area (Å²) in [5.41, 5.74) is 3.08. The summed E-state index contributed by atoms with van der Waals surface area (Å²) in [4.78, 5) is 23.4. The van der Waals surface area contributed by atoms with Crippen molar-refractivity contribution in [2.45, 2.75) is 18.1 Å². The van der Waals surface area contributed by atoms with Gasteiger partial charge in [0.2, 0.25) is 5.91 Å². The van der Waals surface area contributed by atoms with Gasteiger partial charge < -0.3 is 5.32 Å². The second-order valence-electron chi connectivity index (χ2n) is 7.82. The summed E-state index contributed by atoms with van der Waals surface area (Å²) in [6, 6.07) is 15.7. The minimum atomic E-state index is 0.00192. The third-order valence-corrected chi connectivity index (χ3v) is 7.18. The zero-order valence-electron chi connectivity index (χ0n) is 17.5. The van der Waals surface area contributed by atoms with Crippen molar-refractivity contribution in [3.05, 3.63) is 76.5 Å². The molecule has 0 aliphatic carbocycles. The van der Waals surface area contributed by atoms with Gasteiger partial charge in [-0.15, -0.1) is 0 Å². The van der Waals surface area contributed by atoms with Crippen molar-refractivity contribution in [3.63, 3.8) is 0 Å². The average Bonchev–Trinajstić information content (AvgIpc) is 3.27. The van der Waals surface area contributed by atoms with Crippen LogP contribution >= 0.6 is 35.0 Å². The first-order valence-corrected chi connectivity index (χ1v) is 12.2. The summed E-state index contributed by atoms with van der Waals surface area (Å²) in [7, 11) is 0. The fraction of sp³-hybridized carbons (Fsp3) is 0.292. The lowest BCUT2D eigenvalue weighted by Crippen LogP contribution is -2.32. The maximum absolute atomic E-state index is 12.3. The summed E-state index contributed by atoms with van der Waals surface area (Å²) in [6.07, 6.45) is 4.64. The first-order valence-electron chi connectivity index (χ1n) is 10.5. The molecule has 1 fully saturated rings. The van der Waals surface area contributed by atoms with Crippen LogP contribution in [0.2, 0.25) is 10.0 Å². The average molecular weight is 487 g/mol. The fourth-order valence-corrected chi connectivity index (χ4v) is 4.74. The number of carbonyl (C=O) groups is 1. The largest absolute Gasteiger partial charge is 0.355 e. The van der Waals surface area contributed by atoms with E-state index in [1.54, 1.807) is 18.5 Å². The Labute approximate surface area is 202 Å². The molecule has 4 rings (SSSR count). The SMILES string of the molecule is O=C(CSc1ncc(-c2ccccc2)cn1)NCC1CCN(Cc2cccc(Cl)c2Cl)C1. The lowest BCUT2D eigenvalue weighted by Gasteiger charge is -2.17. The molecule has 0 spiro atoms. The van der Waals surface area contributed by atoms with Gasteiger partial charge >= 0.3 is 0 Å². The van der Waals surface area contributed by atoms with Gasteiger partial charge in [0, 0.05) is 37.6 Å². The summed E-state index contributed by atoms with van der Waals surface area (Å²) in [5.74, 6) is 0.740. The van der Waals surface area contributed by atoms with Crippen LogP contribution in [-0.2, 0) is 11.3 Å². The van der Waals surface area contributed by atoms with Crippen molar-refractivity contribution in [1.82, 2.24) is 20.2 Å². The summed E-state index contributed by atoms with van der Waals surface area (Å²) < 4.78 is 0. The normalized spacial score (nSPS) is 16.2. The van der Waals surface area contributed by atoms with E-state index in [4.69, 9.17) is 23.2 Å². The molecule has 0 saturated carbocycles. The number of carbonyl (C=O) groups excluding carboxylic acids is 1. The molecule has 2 aromatic carbocycles. The van der Waals surface area contributed by atoms with Crippen LogP contribution in [0.5, 0.6) is 0 Å². The van der Waals surface area contributed by atoms with E-state index in [1.807, 2.05) is 42.5 Å². The Bertz CT molecular complexity index is 1050. The van der Waals surface area contributed by atoms with Crippen LogP contribution in [0.4, 0.5) is 0 Å². The first kappa shape index (κ1) is 23.1. The molecule has 1 saturated heterocycles. The molecular formula is C24H24Cl2N4OS. The molecule has 1 unspecified atom stereocenters. The fourth-order valence-electron chi connectivity index (χ4n) is 3.74. The maximum atomic E-state index is 12.3. The molecule has 8 heteroatoms. The van der Waals surface area contributed by atoms with Gasteiger partial charge in [-0.05, 0) is 36.1 Å². The highest BCUT2D eigenvalue weighted by atomic mass is 35.5. The molecule has 1 aliphatic heterocycles. The van der Waals surface area contributed by atoms with Crippen LogP contribution < -0.4 is 5.32 Å². The number of rotatable bonds is 8. The van der Waals surface area contributed by atoms with Crippen LogP contribution in [0.1, 0.15) is 12.0 Å². The predicted molar refractivity (Wildman–Crippen MR) is 131 cm³/mol. The van der Waals surface area contributed by atoms with Crippen LogP contribution in [0.15, 0.2) is 66.1 Å². The van der Waals surface area contributed by atoms with E-state index >= 15 is 0 Å². The molecule has 32 heavy (non-hydrogen) atoms. The molecule has 0 radical (unpaired) electrons. The van der Waals surface area contributed by atoms with Crippen molar-refractivity contribution in [2.75, 3.05) is 25.4 Å². The Kier molecular flexibility index (Phi) is 8.03. The van der Waals surface area contributed by atoms with Crippen molar-refractivity contribution < 1.29 is 4.79 Å². The Morgan fingerprint density at radius 2 is 1.84 bits per heavy atom. The molecule has 5 nitrogen and oxygen atoms in total. The highest BCUT2D eigenvalue weighted by molar-refractivity contribution is 7.99. The maximum Gasteiger partial charge on any atom is 0.230 e. The number of aromatic nitrogens is 2. The van der Waals surface area contributed by atoms with Gasteiger partial charge in [-0.2, -0.15) is 0 Å². The number of benzene rings is 2. The quantitative estimate of drug-likeness (QED) is 0.351. The molecule has 2 heterocycles. The molecule has 3 aromatic rings. The second-order valence-corrected chi connectivity index (χ2v) is 9.54. The highest BCUT2D eigenvalue weighted by Crippen LogP contribution is 2.28. The number of likely N-dealkylation sites (tertiary alicyclic amines) is 1. The monoisotopic (exact) mass is 486 g/mol. The lowest BCUT2D eigenvalue weighted by molar-refractivity contribution is -0.118. The van der Waals surface area contributed by atoms with E-state index < -0.39 is 0 Å². The highest BCUT2D eigenvalue weighted by Gasteiger charge is 2.23. The topological polar surface area (TPSA) is 58.1 Å². The van der Waals surface area contributed by atoms with Crippen molar-refractivity contribution >= 4 is 40.9 Å². The van der Waals surface area contributed by atoms with Crippen molar-refractivity contribution in [2.24, 2.45) is 5.92 Å². The van der Waals surface area contributed by atoms with Crippen molar-refractivity contribution in [3.8, 4) is 11.1 Å². The van der Waals surface area contributed by atoms with Crippen LogP contribution in [0.3, 0.4) is 0 Å². The molecule has 1 aliphatic rings. The van der Waals surface area contributed by atoms with Crippen LogP contribution in [-0.4, -0.2) is 46.2 Å². The van der Waals surface area contributed by atoms with E-state index in [9.17, 15) is 4.79 Å². The number of halogens is 2. The van der Waals surface area contributed by atoms with Gasteiger partial charge in [0.25, 0.3) is 0 Å². The number of nitrogens with one attached hydrogen (secondary N) is 1. The third-order valence-electron chi connectivity index (χ3n) is 5.45. The molecule has 0 bridgehead atoms. The third kappa shape index (κ3) is 6.23. The predicted octanol–water partition coefficient (Wildman–Crippen LogP) is 5.18. The molecule has 1 atom stereocenters. The summed E-state index contributed by atoms with van der Waals surface area (Å²) in [6.45, 7) is 3.36. The standard InChI is InChI=1S/C24H24Cl2N4OS/c25-21-8-4-7-19(23(21)26)15-30-10-9-17(14-30)11-27-22(31)16-32-24-28-12-20(13-29-24)18-5-2-1-3-6-18/h1-8,12-13,17H,9-11,14-16H2,(H,27,31). The van der Waals surface area contributed by atoms with Gasteiger partial charge in [-0.1, -0.05) is 77.4 Å². The molecule has 166 valence electrons. The molecular weight excluding hydrogens is 463 g/mol. The number of amides is 1. The lowest BCUT2D eigenvalue weighted by atomic mass is 10.1. The number of nitrogens with zero attached hydrogens (tertiary/aromatic N) is 3. The van der Waals surface area contributed by atoms with E-state index in [1.165, 1.54) is 11.8 Å². The van der Waals surface area contributed by atoms with E-state index in [2.05, 4.69) is 20.2 Å². The van der Waals surface area contributed by atoms with Gasteiger partial charge in [0.1, 0.15) is 0 Å². The van der Waals surface area contributed by atoms with E-state index in [0.717, 1.165) is 42.7 Å². The zero-order chi connectivity index (χ0) is 22.3. The minimum absolute atomic E-state index is 0.00192. The Morgan fingerprint density at radius 3 is 2.62 bits per heavy atom. The number of hydrogen-bond donors (Lipinski definition) is 1. The minimum Gasteiger partial charge on any atom is -0.355 e. The van der Waals surface area contributed by atoms with Gasteiger partial charge in [-0.25, -0.2) is 9.97 Å². The Balaban J connectivity index is 1.18. The molecule has 1 aromatic heterocycles. The summed E-state index contributed by atoms with van der Waals surface area (Å²) >= 11 is 13.8. The molecule has 1 N–H and O–H groups in total. The number of hydrogen-bond acceptors (Lipinski definition) is 5. The number of thioether (sulfide) groups is 1. The Morgan fingerprint density at radius 1 is 1.06 bits per heavy atom.